The standard InChI is InChI=1S/C21H18O2/c22-13-19-9-10-20(14-23,12-11-19)21(19)17-7-3-1-5-15(17)16-6-2-4-8-18(16)21/h1-8,13-14H,9-12H2. The molecule has 3 aliphatic rings. The van der Waals surface area contributed by atoms with Crippen LogP contribution >= 0.6 is 0 Å². The molecule has 23 heavy (non-hydrogen) atoms. The number of benzene rings is 2. The van der Waals surface area contributed by atoms with Crippen LogP contribution in [0.1, 0.15) is 36.8 Å². The second-order valence-corrected chi connectivity index (χ2v) is 7.39. The second-order valence-electron chi connectivity index (χ2n) is 7.39. The Bertz CT molecular complexity index is 769. The molecule has 0 aliphatic heterocycles. The highest BCUT2D eigenvalue weighted by molar-refractivity contribution is 5.90. The molecular weight excluding hydrogens is 284 g/mol. The Balaban J connectivity index is 1.99. The third-order valence-electron chi connectivity index (χ3n) is 6.93. The molecule has 2 bridgehead atoms. The summed E-state index contributed by atoms with van der Waals surface area (Å²) in [5, 5.41) is 0. The zero-order valence-corrected chi connectivity index (χ0v) is 12.9. The second kappa shape index (κ2) is 4.00. The fourth-order valence-electron chi connectivity index (χ4n) is 6.11. The van der Waals surface area contributed by atoms with Gasteiger partial charge >= 0.3 is 0 Å². The maximum Gasteiger partial charge on any atom is 0.127 e. The first-order valence-electron chi connectivity index (χ1n) is 8.37. The maximum atomic E-state index is 12.3. The van der Waals surface area contributed by atoms with Crippen molar-refractivity contribution in [1.29, 1.82) is 0 Å². The Kier molecular flexibility index (Phi) is 2.30. The van der Waals surface area contributed by atoms with E-state index >= 15 is 0 Å². The molecule has 0 saturated heterocycles. The molecule has 2 aromatic rings. The lowest BCUT2D eigenvalue weighted by molar-refractivity contribution is -0.119. The van der Waals surface area contributed by atoms with E-state index in [-0.39, 0.29) is 0 Å². The quantitative estimate of drug-likeness (QED) is 0.788. The van der Waals surface area contributed by atoms with Crippen LogP contribution in [0.15, 0.2) is 48.5 Å². The van der Waals surface area contributed by atoms with Crippen molar-refractivity contribution >= 4 is 12.6 Å². The van der Waals surface area contributed by atoms with Crippen molar-refractivity contribution in [3.8, 4) is 11.1 Å². The lowest BCUT2D eigenvalue weighted by atomic mass is 9.57. The molecule has 0 amide bonds. The van der Waals surface area contributed by atoms with E-state index in [0.717, 1.165) is 25.7 Å². The Labute approximate surface area is 135 Å². The van der Waals surface area contributed by atoms with Gasteiger partial charge in [-0.3, -0.25) is 0 Å². The number of carbonyl (C=O) groups is 2. The van der Waals surface area contributed by atoms with E-state index < -0.39 is 16.2 Å². The lowest BCUT2D eigenvalue weighted by Gasteiger charge is -2.42. The van der Waals surface area contributed by atoms with Gasteiger partial charge in [-0.2, -0.15) is 0 Å². The average Bonchev–Trinajstić information content (AvgIpc) is 3.21. The molecule has 0 unspecified atom stereocenters. The van der Waals surface area contributed by atoms with E-state index in [1.807, 2.05) is 24.3 Å². The number of fused-ring (bicyclic) bond motifs is 3. The number of hydrogen-bond donors (Lipinski definition) is 0. The van der Waals surface area contributed by atoms with Gasteiger partial charge in [0.05, 0.1) is 0 Å². The van der Waals surface area contributed by atoms with Crippen LogP contribution in [0.2, 0.25) is 0 Å². The summed E-state index contributed by atoms with van der Waals surface area (Å²) in [7, 11) is 0. The molecule has 0 aromatic heterocycles. The zero-order chi connectivity index (χ0) is 15.7. The van der Waals surface area contributed by atoms with Crippen LogP contribution in [0.3, 0.4) is 0 Å². The molecule has 2 aromatic carbocycles. The molecule has 114 valence electrons. The minimum atomic E-state index is -0.462. The minimum absolute atomic E-state index is 0.434. The molecule has 5 rings (SSSR count). The monoisotopic (exact) mass is 302 g/mol. The van der Waals surface area contributed by atoms with Crippen LogP contribution in [-0.2, 0) is 15.0 Å². The van der Waals surface area contributed by atoms with Crippen LogP contribution in [0.5, 0.6) is 0 Å². The van der Waals surface area contributed by atoms with Gasteiger partial charge in [-0.05, 0) is 47.9 Å². The first kappa shape index (κ1) is 13.2. The van der Waals surface area contributed by atoms with Gasteiger partial charge in [-0.1, -0.05) is 48.5 Å². The van der Waals surface area contributed by atoms with E-state index in [4.69, 9.17) is 0 Å². The number of carbonyl (C=O) groups excluding carboxylic acids is 2. The van der Waals surface area contributed by atoms with Crippen LogP contribution in [0.25, 0.3) is 11.1 Å². The number of rotatable bonds is 2. The molecule has 2 saturated carbocycles. The lowest BCUT2D eigenvalue weighted by Crippen LogP contribution is -2.46. The predicted octanol–water partition coefficient (Wildman–Crippen LogP) is 3.91. The summed E-state index contributed by atoms with van der Waals surface area (Å²) in [6.45, 7) is 0. The highest BCUT2D eigenvalue weighted by atomic mass is 16.1. The summed E-state index contributed by atoms with van der Waals surface area (Å²) < 4.78 is 0. The molecule has 2 nitrogen and oxygen atoms in total. The van der Waals surface area contributed by atoms with E-state index in [1.54, 1.807) is 0 Å². The first-order valence-corrected chi connectivity index (χ1v) is 8.37. The molecule has 0 N–H and O–H groups in total. The van der Waals surface area contributed by atoms with Crippen LogP contribution < -0.4 is 0 Å². The molecule has 2 fully saturated rings. The Morgan fingerprint density at radius 1 is 0.652 bits per heavy atom. The average molecular weight is 302 g/mol. The third kappa shape index (κ3) is 1.15. The minimum Gasteiger partial charge on any atom is -0.303 e. The third-order valence-corrected chi connectivity index (χ3v) is 6.93. The topological polar surface area (TPSA) is 34.1 Å². The van der Waals surface area contributed by atoms with Crippen molar-refractivity contribution in [2.45, 2.75) is 31.1 Å². The summed E-state index contributed by atoms with van der Waals surface area (Å²) in [4.78, 5) is 24.6. The maximum absolute atomic E-state index is 12.3. The van der Waals surface area contributed by atoms with Gasteiger partial charge in [0.15, 0.2) is 0 Å². The van der Waals surface area contributed by atoms with Gasteiger partial charge in [0, 0.05) is 16.2 Å². The van der Waals surface area contributed by atoms with Crippen molar-refractivity contribution in [2.24, 2.45) is 10.8 Å². The fraction of sp³-hybridized carbons (Fsp3) is 0.333. The fourth-order valence-corrected chi connectivity index (χ4v) is 6.11. The Hall–Kier alpha value is -2.22. The van der Waals surface area contributed by atoms with Crippen molar-refractivity contribution in [2.75, 3.05) is 0 Å². The van der Waals surface area contributed by atoms with Crippen molar-refractivity contribution in [3.63, 3.8) is 0 Å². The van der Waals surface area contributed by atoms with Crippen LogP contribution in [0.4, 0.5) is 0 Å². The van der Waals surface area contributed by atoms with Gasteiger partial charge in [-0.15, -0.1) is 0 Å². The highest BCUT2D eigenvalue weighted by Crippen LogP contribution is 2.77. The SMILES string of the molecule is O=CC12CCC(C=O)(CC1)C21c2ccccc2-c2ccccc21. The van der Waals surface area contributed by atoms with Crippen LogP contribution in [0, 0.1) is 10.8 Å². The van der Waals surface area contributed by atoms with E-state index in [9.17, 15) is 9.59 Å². The van der Waals surface area contributed by atoms with E-state index in [1.165, 1.54) is 34.8 Å². The Morgan fingerprint density at radius 2 is 1.04 bits per heavy atom. The summed E-state index contributed by atoms with van der Waals surface area (Å²) in [6, 6.07) is 16.7. The summed E-state index contributed by atoms with van der Waals surface area (Å²) in [6.07, 6.45) is 5.61. The summed E-state index contributed by atoms with van der Waals surface area (Å²) in [5.41, 5.74) is 3.45. The van der Waals surface area contributed by atoms with Crippen LogP contribution in [-0.4, -0.2) is 12.6 Å². The van der Waals surface area contributed by atoms with Gasteiger partial charge < -0.3 is 9.59 Å². The zero-order valence-electron chi connectivity index (χ0n) is 12.9. The van der Waals surface area contributed by atoms with Crippen molar-refractivity contribution in [1.82, 2.24) is 0 Å². The first-order chi connectivity index (χ1) is 11.2. The predicted molar refractivity (Wildman–Crippen MR) is 88.1 cm³/mol. The molecule has 0 heterocycles. The van der Waals surface area contributed by atoms with Gasteiger partial charge in [0.2, 0.25) is 0 Å². The molecule has 0 radical (unpaired) electrons. The molecule has 2 heteroatoms. The van der Waals surface area contributed by atoms with Gasteiger partial charge in [-0.25, -0.2) is 0 Å². The number of aldehydes is 2. The van der Waals surface area contributed by atoms with E-state index in [0.29, 0.717) is 0 Å². The number of hydrogen-bond acceptors (Lipinski definition) is 2. The van der Waals surface area contributed by atoms with Gasteiger partial charge in [0.1, 0.15) is 12.6 Å². The smallest absolute Gasteiger partial charge is 0.127 e. The normalized spacial score (nSPS) is 31.8. The summed E-state index contributed by atoms with van der Waals surface area (Å²) in [5.74, 6) is 0. The largest absolute Gasteiger partial charge is 0.303 e. The summed E-state index contributed by atoms with van der Waals surface area (Å²) >= 11 is 0. The molecule has 0 atom stereocenters. The Morgan fingerprint density at radius 3 is 1.43 bits per heavy atom. The van der Waals surface area contributed by atoms with Gasteiger partial charge in [0.25, 0.3) is 0 Å². The molecular formula is C21H18O2. The van der Waals surface area contributed by atoms with Crippen molar-refractivity contribution in [3.05, 3.63) is 59.7 Å². The van der Waals surface area contributed by atoms with Crippen molar-refractivity contribution < 1.29 is 9.59 Å². The molecule has 3 aliphatic carbocycles. The molecule has 1 spiro atoms. The highest BCUT2D eigenvalue weighted by Gasteiger charge is 2.75. The van der Waals surface area contributed by atoms with E-state index in [2.05, 4.69) is 24.3 Å².